The number of amides is 2. The van der Waals surface area contributed by atoms with E-state index < -0.39 is 0 Å². The summed E-state index contributed by atoms with van der Waals surface area (Å²) in [6.45, 7) is 7.52. The number of rotatable bonds is 3. The summed E-state index contributed by atoms with van der Waals surface area (Å²) in [5.41, 5.74) is 2.61. The molecule has 4 nitrogen and oxygen atoms in total. The van der Waals surface area contributed by atoms with Crippen LogP contribution in [0, 0.1) is 41.4 Å². The predicted molar refractivity (Wildman–Crippen MR) is 127 cm³/mol. The van der Waals surface area contributed by atoms with Crippen LogP contribution in [-0.4, -0.2) is 29.8 Å². The van der Waals surface area contributed by atoms with Crippen LogP contribution in [0.4, 0.5) is 0 Å². The molecule has 1 heterocycles. The third-order valence-corrected chi connectivity index (χ3v) is 10.2. The second-order valence-corrected chi connectivity index (χ2v) is 11.4. The van der Waals surface area contributed by atoms with Crippen molar-refractivity contribution in [3.05, 3.63) is 47.5 Å². The number of carbonyl (C=O) groups excluding carboxylic acids is 2. The van der Waals surface area contributed by atoms with Gasteiger partial charge in [0, 0.05) is 31.0 Å². The van der Waals surface area contributed by atoms with Gasteiger partial charge in [-0.1, -0.05) is 44.2 Å². The van der Waals surface area contributed by atoms with Crippen molar-refractivity contribution in [2.24, 2.45) is 34.5 Å². The molecule has 0 spiro atoms. The summed E-state index contributed by atoms with van der Waals surface area (Å²) in [4.78, 5) is 27.6. The average Bonchev–Trinajstić information content (AvgIpc) is 3.13. The Balaban J connectivity index is 1.33. The Morgan fingerprint density at radius 2 is 1.88 bits per heavy atom. The van der Waals surface area contributed by atoms with Gasteiger partial charge in [0.05, 0.1) is 0 Å². The van der Waals surface area contributed by atoms with E-state index in [2.05, 4.69) is 44.3 Å². The lowest BCUT2D eigenvalue weighted by atomic mass is 9.47. The summed E-state index contributed by atoms with van der Waals surface area (Å²) in [6, 6.07) is 8.63. The van der Waals surface area contributed by atoms with E-state index in [1.165, 1.54) is 30.4 Å². The molecule has 0 saturated heterocycles. The summed E-state index contributed by atoms with van der Waals surface area (Å²) in [6.07, 6.45) is 10.8. The molecule has 2 amide bonds. The predicted octanol–water partition coefficient (Wildman–Crippen LogP) is 4.87. The number of benzene rings is 1. The standard InChI is InChI=1S/C28H38N2O2/c1-18-7-5-6-8-19(18)17-29-26(32)23-11-10-21-20-9-12-24-28(3,16-14-25(31)30(24)4)22(20)13-15-27(21,23)2/h5-8,14,16,20-24H,9-13,15,17H2,1-4H3,(H,29,32)/t20-,21-,22+,23?,24?,27-,28+/m0/s1. The Labute approximate surface area is 192 Å². The van der Waals surface area contributed by atoms with Gasteiger partial charge < -0.3 is 10.2 Å². The molecule has 3 aliphatic carbocycles. The molecule has 3 saturated carbocycles. The van der Waals surface area contributed by atoms with E-state index >= 15 is 0 Å². The Kier molecular flexibility index (Phi) is 5.26. The van der Waals surface area contributed by atoms with Gasteiger partial charge in [0.2, 0.25) is 11.8 Å². The minimum absolute atomic E-state index is 0.0675. The average molecular weight is 435 g/mol. The minimum atomic E-state index is 0.0675. The van der Waals surface area contributed by atoms with Crippen molar-refractivity contribution in [1.29, 1.82) is 0 Å². The van der Waals surface area contributed by atoms with Crippen molar-refractivity contribution in [1.82, 2.24) is 10.2 Å². The molecular formula is C28H38N2O2. The molecule has 1 aliphatic heterocycles. The fourth-order valence-electron chi connectivity index (χ4n) is 8.28. The van der Waals surface area contributed by atoms with Gasteiger partial charge in [0.25, 0.3) is 0 Å². The molecule has 0 bridgehead atoms. The van der Waals surface area contributed by atoms with Crippen molar-refractivity contribution >= 4 is 11.8 Å². The van der Waals surface area contributed by atoms with Crippen molar-refractivity contribution in [3.63, 3.8) is 0 Å². The zero-order valence-electron chi connectivity index (χ0n) is 20.1. The van der Waals surface area contributed by atoms with Crippen LogP contribution in [0.15, 0.2) is 36.4 Å². The van der Waals surface area contributed by atoms with E-state index in [1.807, 2.05) is 30.2 Å². The molecule has 1 N–H and O–H groups in total. The molecule has 0 radical (unpaired) electrons. The van der Waals surface area contributed by atoms with Gasteiger partial charge in [-0.25, -0.2) is 0 Å². The molecule has 4 heteroatoms. The molecule has 5 rings (SSSR count). The quantitative estimate of drug-likeness (QED) is 0.738. The molecular weight excluding hydrogens is 396 g/mol. The molecule has 1 aromatic carbocycles. The van der Waals surface area contributed by atoms with E-state index in [4.69, 9.17) is 0 Å². The van der Waals surface area contributed by atoms with Gasteiger partial charge in [-0.15, -0.1) is 0 Å². The number of nitrogens with zero attached hydrogens (tertiary/aromatic N) is 1. The number of nitrogens with one attached hydrogen (secondary N) is 1. The zero-order valence-corrected chi connectivity index (χ0v) is 20.1. The normalized spacial score (nSPS) is 40.4. The maximum absolute atomic E-state index is 13.4. The maximum Gasteiger partial charge on any atom is 0.246 e. The van der Waals surface area contributed by atoms with Crippen LogP contribution in [0.2, 0.25) is 0 Å². The lowest BCUT2D eigenvalue weighted by molar-refractivity contribution is -0.142. The van der Waals surface area contributed by atoms with Crippen molar-refractivity contribution in [3.8, 4) is 0 Å². The van der Waals surface area contributed by atoms with Crippen LogP contribution in [-0.2, 0) is 16.1 Å². The Morgan fingerprint density at radius 3 is 2.66 bits per heavy atom. The van der Waals surface area contributed by atoms with Crippen LogP contribution >= 0.6 is 0 Å². The van der Waals surface area contributed by atoms with Crippen molar-refractivity contribution in [2.45, 2.75) is 71.9 Å². The lowest BCUT2D eigenvalue weighted by Gasteiger charge is -2.60. The summed E-state index contributed by atoms with van der Waals surface area (Å²) in [7, 11) is 1.98. The smallest absolute Gasteiger partial charge is 0.246 e. The Morgan fingerprint density at radius 1 is 1.09 bits per heavy atom. The SMILES string of the molecule is Cc1ccccc1CNC(=O)C1CC[C@H]2[C@@H]3CCC4N(C)C(=O)C=C[C@]4(C)[C@@H]3CC[C@]12C. The van der Waals surface area contributed by atoms with Crippen LogP contribution in [0.3, 0.4) is 0 Å². The monoisotopic (exact) mass is 434 g/mol. The molecule has 0 aromatic heterocycles. The third-order valence-electron chi connectivity index (χ3n) is 10.2. The number of likely N-dealkylation sites (N-methyl/N-ethyl adjacent to an activating group) is 1. The maximum atomic E-state index is 13.4. The highest BCUT2D eigenvalue weighted by molar-refractivity contribution is 5.89. The molecule has 1 aromatic rings. The first-order chi connectivity index (χ1) is 15.3. The first kappa shape index (κ1) is 21.7. The van der Waals surface area contributed by atoms with Crippen LogP contribution in [0.25, 0.3) is 0 Å². The number of carbonyl (C=O) groups is 2. The highest BCUT2D eigenvalue weighted by Crippen LogP contribution is 2.65. The molecule has 32 heavy (non-hydrogen) atoms. The summed E-state index contributed by atoms with van der Waals surface area (Å²) in [5, 5.41) is 3.28. The van der Waals surface area contributed by atoms with Crippen molar-refractivity contribution < 1.29 is 9.59 Å². The van der Waals surface area contributed by atoms with Gasteiger partial charge in [0.1, 0.15) is 0 Å². The molecule has 172 valence electrons. The lowest BCUT2D eigenvalue weighted by Crippen LogP contribution is -2.59. The van der Waals surface area contributed by atoms with Crippen LogP contribution in [0.1, 0.15) is 63.5 Å². The third kappa shape index (κ3) is 3.16. The molecule has 3 fully saturated rings. The first-order valence-corrected chi connectivity index (χ1v) is 12.5. The van der Waals surface area contributed by atoms with Gasteiger partial charge in [-0.3, -0.25) is 9.59 Å². The van der Waals surface area contributed by atoms with Crippen LogP contribution in [0.5, 0.6) is 0 Å². The largest absolute Gasteiger partial charge is 0.352 e. The van der Waals surface area contributed by atoms with Gasteiger partial charge in [-0.2, -0.15) is 0 Å². The molecule has 4 aliphatic rings. The zero-order chi connectivity index (χ0) is 22.7. The fraction of sp³-hybridized carbons (Fsp3) is 0.643. The second kappa shape index (κ2) is 7.74. The summed E-state index contributed by atoms with van der Waals surface area (Å²) >= 11 is 0. The number of fused-ring (bicyclic) bond motifs is 5. The van der Waals surface area contributed by atoms with Crippen LogP contribution < -0.4 is 5.32 Å². The second-order valence-electron chi connectivity index (χ2n) is 11.4. The van der Waals surface area contributed by atoms with Gasteiger partial charge in [0.15, 0.2) is 0 Å². The van der Waals surface area contributed by atoms with E-state index in [9.17, 15) is 9.59 Å². The Bertz CT molecular complexity index is 955. The van der Waals surface area contributed by atoms with E-state index in [0.717, 1.165) is 19.3 Å². The van der Waals surface area contributed by atoms with Gasteiger partial charge in [-0.05, 0) is 85.8 Å². The highest BCUT2D eigenvalue weighted by Gasteiger charge is 2.61. The van der Waals surface area contributed by atoms with Crippen molar-refractivity contribution in [2.75, 3.05) is 7.05 Å². The summed E-state index contributed by atoms with van der Waals surface area (Å²) < 4.78 is 0. The molecule has 2 unspecified atom stereocenters. The topological polar surface area (TPSA) is 49.4 Å². The number of hydrogen-bond donors (Lipinski definition) is 1. The van der Waals surface area contributed by atoms with E-state index in [0.29, 0.717) is 30.3 Å². The minimum Gasteiger partial charge on any atom is -0.352 e. The summed E-state index contributed by atoms with van der Waals surface area (Å²) in [5.74, 6) is 2.41. The first-order valence-electron chi connectivity index (χ1n) is 12.5. The van der Waals surface area contributed by atoms with E-state index in [-0.39, 0.29) is 28.6 Å². The fourth-order valence-corrected chi connectivity index (χ4v) is 8.28. The Hall–Kier alpha value is -2.10. The highest BCUT2D eigenvalue weighted by atomic mass is 16.2. The van der Waals surface area contributed by atoms with E-state index in [1.54, 1.807) is 0 Å². The number of aryl methyl sites for hydroxylation is 1. The molecule has 7 atom stereocenters. The number of hydrogen-bond acceptors (Lipinski definition) is 2. The van der Waals surface area contributed by atoms with Gasteiger partial charge >= 0.3 is 0 Å².